The van der Waals surface area contributed by atoms with E-state index in [4.69, 9.17) is 9.47 Å². The molecule has 0 saturated carbocycles. The summed E-state index contributed by atoms with van der Waals surface area (Å²) >= 11 is 0. The zero-order valence-corrected chi connectivity index (χ0v) is 16.2. The second-order valence-electron chi connectivity index (χ2n) is 6.12. The Morgan fingerprint density at radius 2 is 1.34 bits per heavy atom. The third kappa shape index (κ3) is 7.45. The summed E-state index contributed by atoms with van der Waals surface area (Å²) in [4.78, 5) is 46.6. The molecule has 0 aliphatic carbocycles. The zero-order chi connectivity index (χ0) is 21.2. The van der Waals surface area contributed by atoms with Gasteiger partial charge < -0.3 is 20.1 Å². The lowest BCUT2D eigenvalue weighted by molar-refractivity contribution is -0.147. The van der Waals surface area contributed by atoms with E-state index >= 15 is 0 Å². The number of anilines is 2. The van der Waals surface area contributed by atoms with E-state index in [1.54, 1.807) is 55.6 Å². The molecule has 0 aliphatic rings. The Morgan fingerprint density at radius 3 is 1.90 bits per heavy atom. The molecule has 8 nitrogen and oxygen atoms in total. The number of carbonyl (C=O) groups is 4. The third-order valence-electron chi connectivity index (χ3n) is 3.87. The van der Waals surface area contributed by atoms with Crippen LogP contribution in [0.15, 0.2) is 48.5 Å². The highest BCUT2D eigenvalue weighted by Crippen LogP contribution is 2.15. The van der Waals surface area contributed by atoms with Crippen molar-refractivity contribution in [2.24, 2.45) is 0 Å². The Hall–Kier alpha value is -3.68. The molecule has 2 amide bonds. The molecule has 0 spiro atoms. The fourth-order valence-corrected chi connectivity index (χ4v) is 2.32. The van der Waals surface area contributed by atoms with Gasteiger partial charge in [0.1, 0.15) is 5.75 Å². The van der Waals surface area contributed by atoms with Crippen LogP contribution in [0.2, 0.25) is 0 Å². The summed E-state index contributed by atoms with van der Waals surface area (Å²) in [6.07, 6.45) is -0.221. The molecule has 0 aromatic heterocycles. The van der Waals surface area contributed by atoms with Gasteiger partial charge in [-0.25, -0.2) is 0 Å². The summed E-state index contributed by atoms with van der Waals surface area (Å²) in [6.45, 7) is 0.984. The Bertz CT molecular complexity index is 875. The largest absolute Gasteiger partial charge is 0.497 e. The fraction of sp³-hybridized carbons (Fsp3) is 0.238. The van der Waals surface area contributed by atoms with Crippen molar-refractivity contribution in [3.05, 3.63) is 54.1 Å². The molecule has 2 aromatic carbocycles. The average Bonchev–Trinajstić information content (AvgIpc) is 2.71. The van der Waals surface area contributed by atoms with Crippen LogP contribution in [0.1, 0.15) is 30.1 Å². The SMILES string of the molecule is COc1ccc(NC(=O)CCC(=O)OCC(=O)Nc2ccc(C(C)=O)cc2)cc1. The highest BCUT2D eigenvalue weighted by molar-refractivity contribution is 5.96. The van der Waals surface area contributed by atoms with Gasteiger partial charge in [0.25, 0.3) is 5.91 Å². The van der Waals surface area contributed by atoms with E-state index < -0.39 is 18.5 Å². The number of nitrogens with one attached hydrogen (secondary N) is 2. The van der Waals surface area contributed by atoms with Gasteiger partial charge in [0.05, 0.1) is 13.5 Å². The number of Topliss-reactive ketones (excluding diaryl/α,β-unsaturated/α-hetero) is 1. The second kappa shape index (κ2) is 10.6. The van der Waals surface area contributed by atoms with E-state index in [-0.39, 0.29) is 24.5 Å². The molecule has 152 valence electrons. The van der Waals surface area contributed by atoms with E-state index in [0.717, 1.165) is 0 Å². The smallest absolute Gasteiger partial charge is 0.306 e. The standard InChI is InChI=1S/C21H22N2O6/c1-14(24)15-3-5-16(6-4-15)23-20(26)13-29-21(27)12-11-19(25)22-17-7-9-18(28-2)10-8-17/h3-10H,11-13H2,1-2H3,(H,22,25)(H,23,26). The van der Waals surface area contributed by atoms with Crippen LogP contribution in [0.25, 0.3) is 0 Å². The maximum Gasteiger partial charge on any atom is 0.306 e. The van der Waals surface area contributed by atoms with Crippen molar-refractivity contribution in [1.29, 1.82) is 0 Å². The average molecular weight is 398 g/mol. The monoisotopic (exact) mass is 398 g/mol. The molecule has 0 fully saturated rings. The fourth-order valence-electron chi connectivity index (χ4n) is 2.32. The summed E-state index contributed by atoms with van der Waals surface area (Å²) in [6, 6.07) is 13.1. The Labute approximate surface area is 168 Å². The molecule has 0 radical (unpaired) electrons. The first-order valence-corrected chi connectivity index (χ1v) is 8.88. The van der Waals surface area contributed by atoms with Gasteiger partial charge in [-0.05, 0) is 55.5 Å². The molecule has 2 rings (SSSR count). The van der Waals surface area contributed by atoms with Crippen molar-refractivity contribution in [3.8, 4) is 5.75 Å². The number of hydrogen-bond donors (Lipinski definition) is 2. The molecule has 0 heterocycles. The van der Waals surface area contributed by atoms with Crippen molar-refractivity contribution in [3.63, 3.8) is 0 Å². The van der Waals surface area contributed by atoms with Crippen LogP contribution in [0.5, 0.6) is 5.75 Å². The first-order chi connectivity index (χ1) is 13.9. The summed E-state index contributed by atoms with van der Waals surface area (Å²) in [5, 5.41) is 5.21. The number of esters is 1. The van der Waals surface area contributed by atoms with Crippen LogP contribution in [0.4, 0.5) is 11.4 Å². The van der Waals surface area contributed by atoms with E-state index in [1.165, 1.54) is 6.92 Å². The van der Waals surface area contributed by atoms with Crippen molar-refractivity contribution in [2.45, 2.75) is 19.8 Å². The van der Waals surface area contributed by atoms with Crippen LogP contribution < -0.4 is 15.4 Å². The van der Waals surface area contributed by atoms with Gasteiger partial charge in [0.2, 0.25) is 5.91 Å². The van der Waals surface area contributed by atoms with Crippen LogP contribution in [-0.2, 0) is 19.1 Å². The number of carbonyl (C=O) groups excluding carboxylic acids is 4. The minimum atomic E-state index is -0.656. The van der Waals surface area contributed by atoms with Gasteiger partial charge in [0, 0.05) is 23.4 Å². The first-order valence-electron chi connectivity index (χ1n) is 8.88. The van der Waals surface area contributed by atoms with Gasteiger partial charge in [-0.2, -0.15) is 0 Å². The maximum atomic E-state index is 11.9. The predicted molar refractivity (Wildman–Crippen MR) is 107 cm³/mol. The summed E-state index contributed by atoms with van der Waals surface area (Å²) < 4.78 is 9.90. The maximum absolute atomic E-state index is 11.9. The van der Waals surface area contributed by atoms with Crippen LogP contribution in [-0.4, -0.2) is 37.3 Å². The number of hydrogen-bond acceptors (Lipinski definition) is 6. The predicted octanol–water partition coefficient (Wildman–Crippen LogP) is 2.80. The molecule has 0 bridgehead atoms. The molecule has 29 heavy (non-hydrogen) atoms. The molecule has 0 atom stereocenters. The second-order valence-corrected chi connectivity index (χ2v) is 6.12. The lowest BCUT2D eigenvalue weighted by Gasteiger charge is -2.08. The normalized spacial score (nSPS) is 10.0. The lowest BCUT2D eigenvalue weighted by atomic mass is 10.1. The van der Waals surface area contributed by atoms with Crippen molar-refractivity contribution in [2.75, 3.05) is 24.4 Å². The molecular formula is C21H22N2O6. The first kappa shape index (κ1) is 21.6. The van der Waals surface area contributed by atoms with E-state index in [0.29, 0.717) is 22.7 Å². The van der Waals surface area contributed by atoms with Gasteiger partial charge >= 0.3 is 5.97 Å². The van der Waals surface area contributed by atoms with E-state index in [2.05, 4.69) is 10.6 Å². The number of methoxy groups -OCH3 is 1. The zero-order valence-electron chi connectivity index (χ0n) is 16.2. The Balaban J connectivity index is 1.68. The Morgan fingerprint density at radius 1 is 0.793 bits per heavy atom. The van der Waals surface area contributed by atoms with E-state index in [1.807, 2.05) is 0 Å². The Kier molecular flexibility index (Phi) is 7.90. The molecule has 0 aliphatic heterocycles. The molecule has 0 saturated heterocycles. The molecule has 0 unspecified atom stereocenters. The third-order valence-corrected chi connectivity index (χ3v) is 3.87. The highest BCUT2D eigenvalue weighted by atomic mass is 16.5. The van der Waals surface area contributed by atoms with Gasteiger partial charge in [-0.3, -0.25) is 19.2 Å². The van der Waals surface area contributed by atoms with Gasteiger partial charge in [0.15, 0.2) is 12.4 Å². The van der Waals surface area contributed by atoms with Crippen LogP contribution in [0.3, 0.4) is 0 Å². The van der Waals surface area contributed by atoms with Crippen molar-refractivity contribution >= 4 is 34.9 Å². The molecular weight excluding hydrogens is 376 g/mol. The van der Waals surface area contributed by atoms with Gasteiger partial charge in [-0.1, -0.05) is 0 Å². The number of rotatable bonds is 9. The van der Waals surface area contributed by atoms with Crippen molar-refractivity contribution in [1.82, 2.24) is 0 Å². The van der Waals surface area contributed by atoms with Crippen LogP contribution in [0, 0.1) is 0 Å². The van der Waals surface area contributed by atoms with Crippen molar-refractivity contribution < 1.29 is 28.7 Å². The minimum Gasteiger partial charge on any atom is -0.497 e. The number of ether oxygens (including phenoxy) is 2. The summed E-state index contributed by atoms with van der Waals surface area (Å²) in [7, 11) is 1.55. The summed E-state index contributed by atoms with van der Waals surface area (Å²) in [5.74, 6) is -0.928. The number of benzene rings is 2. The number of amides is 2. The molecule has 2 aromatic rings. The quantitative estimate of drug-likeness (QED) is 0.496. The minimum absolute atomic E-state index is 0.0704. The lowest BCUT2D eigenvalue weighted by Crippen LogP contribution is -2.21. The highest BCUT2D eigenvalue weighted by Gasteiger charge is 2.11. The molecule has 2 N–H and O–H groups in total. The van der Waals surface area contributed by atoms with E-state index in [9.17, 15) is 19.2 Å². The van der Waals surface area contributed by atoms with Crippen LogP contribution >= 0.6 is 0 Å². The topological polar surface area (TPSA) is 111 Å². The molecule has 8 heteroatoms. The summed E-state index contributed by atoms with van der Waals surface area (Å²) in [5.41, 5.74) is 1.59. The van der Waals surface area contributed by atoms with Gasteiger partial charge in [-0.15, -0.1) is 0 Å². The number of ketones is 1.